The molecular weight excluding hydrogens is 598 g/mol. The second kappa shape index (κ2) is 12.3. The Hall–Kier alpha value is -4.87. The van der Waals surface area contributed by atoms with E-state index in [-0.39, 0.29) is 35.8 Å². The lowest BCUT2D eigenvalue weighted by Gasteiger charge is -2.25. The van der Waals surface area contributed by atoms with Crippen LogP contribution in [-0.2, 0) is 25.4 Å². The zero-order valence-corrected chi connectivity index (χ0v) is 24.4. The van der Waals surface area contributed by atoms with Crippen molar-refractivity contribution in [3.05, 3.63) is 107 Å². The molecule has 0 aliphatic rings. The molecule has 45 heavy (non-hydrogen) atoms. The van der Waals surface area contributed by atoms with Crippen molar-refractivity contribution in [1.29, 1.82) is 0 Å². The van der Waals surface area contributed by atoms with E-state index in [1.165, 1.54) is 12.0 Å². The molecule has 0 spiro atoms. The number of methoxy groups -OCH3 is 1. The van der Waals surface area contributed by atoms with E-state index in [2.05, 4.69) is 9.97 Å². The van der Waals surface area contributed by atoms with Crippen molar-refractivity contribution in [2.75, 3.05) is 12.0 Å². The number of fused-ring (bicyclic) bond motifs is 1. The second-order valence-corrected chi connectivity index (χ2v) is 10.8. The number of aromatic nitrogens is 3. The van der Waals surface area contributed by atoms with Gasteiger partial charge >= 0.3 is 12.4 Å². The van der Waals surface area contributed by atoms with Crippen LogP contribution in [0, 0.1) is 0 Å². The van der Waals surface area contributed by atoms with Crippen molar-refractivity contribution in [3.8, 4) is 22.8 Å². The molecule has 5 rings (SSSR count). The molecule has 0 amide bonds. The number of alkyl halides is 6. The maximum atomic E-state index is 13.7. The number of ether oxygens (including phenoxy) is 1. The minimum Gasteiger partial charge on any atom is -0.505 e. The van der Waals surface area contributed by atoms with Gasteiger partial charge in [-0.3, -0.25) is 0 Å². The molecule has 12 heteroatoms. The maximum absolute atomic E-state index is 13.7. The molecule has 0 aliphatic carbocycles. The molecule has 2 heterocycles. The van der Waals surface area contributed by atoms with E-state index >= 15 is 0 Å². The van der Waals surface area contributed by atoms with Crippen LogP contribution in [-0.4, -0.2) is 27.2 Å². The molecular formula is C33H28F6N4O2. The molecule has 2 aromatic heterocycles. The summed E-state index contributed by atoms with van der Waals surface area (Å²) in [5.41, 5.74) is 0.328. The van der Waals surface area contributed by atoms with E-state index in [0.717, 1.165) is 23.3 Å². The van der Waals surface area contributed by atoms with Crippen LogP contribution in [0.5, 0.6) is 11.5 Å². The van der Waals surface area contributed by atoms with Crippen molar-refractivity contribution in [1.82, 2.24) is 15.0 Å². The van der Waals surface area contributed by atoms with Crippen LogP contribution in [0.2, 0.25) is 0 Å². The van der Waals surface area contributed by atoms with Crippen molar-refractivity contribution < 1.29 is 36.2 Å². The molecule has 0 saturated carbocycles. The zero-order valence-electron chi connectivity index (χ0n) is 24.4. The lowest BCUT2D eigenvalue weighted by atomic mass is 9.96. The second-order valence-electron chi connectivity index (χ2n) is 10.8. The molecule has 0 atom stereocenters. The Morgan fingerprint density at radius 3 is 2.07 bits per heavy atom. The van der Waals surface area contributed by atoms with Crippen molar-refractivity contribution >= 4 is 16.9 Å². The van der Waals surface area contributed by atoms with Gasteiger partial charge in [-0.1, -0.05) is 38.1 Å². The third-order valence-electron chi connectivity index (χ3n) is 7.24. The summed E-state index contributed by atoms with van der Waals surface area (Å²) in [6.07, 6.45) is -7.83. The molecule has 0 unspecified atom stereocenters. The van der Waals surface area contributed by atoms with Gasteiger partial charge in [0.15, 0.2) is 5.75 Å². The quantitative estimate of drug-likeness (QED) is 0.174. The number of benzene rings is 3. The van der Waals surface area contributed by atoms with Gasteiger partial charge in [0.05, 0.1) is 41.8 Å². The molecule has 0 radical (unpaired) electrons. The standard InChI is InChI=1S/C33H28F6N4O2/c1-19(2)21-8-9-29(45-3)27(13-21)30-23(12-22-6-4-5-7-28(22)42-30)18-43(31-40-15-26(44)16-41-31)17-20-10-24(32(34,35)36)14-25(11-20)33(37,38)39/h4-16,19,44H,17-18H2,1-3H3. The summed E-state index contributed by atoms with van der Waals surface area (Å²) >= 11 is 0. The van der Waals surface area contributed by atoms with E-state index in [9.17, 15) is 31.4 Å². The van der Waals surface area contributed by atoms with E-state index < -0.39 is 30.0 Å². The first-order chi connectivity index (χ1) is 21.2. The maximum Gasteiger partial charge on any atom is 0.416 e. The van der Waals surface area contributed by atoms with Gasteiger partial charge in [0.1, 0.15) is 5.75 Å². The number of para-hydroxylation sites is 1. The van der Waals surface area contributed by atoms with Crippen LogP contribution in [0.25, 0.3) is 22.2 Å². The number of rotatable bonds is 8. The number of hydrogen-bond acceptors (Lipinski definition) is 6. The van der Waals surface area contributed by atoms with E-state index in [1.807, 2.05) is 62.4 Å². The fourth-order valence-electron chi connectivity index (χ4n) is 4.99. The van der Waals surface area contributed by atoms with Crippen LogP contribution >= 0.6 is 0 Å². The summed E-state index contributed by atoms with van der Waals surface area (Å²) in [6, 6.07) is 16.4. The van der Waals surface area contributed by atoms with Crippen LogP contribution in [0.1, 0.15) is 47.6 Å². The Kier molecular flexibility index (Phi) is 8.59. The lowest BCUT2D eigenvalue weighted by Crippen LogP contribution is -2.25. The molecule has 0 saturated heterocycles. The van der Waals surface area contributed by atoms with E-state index in [1.54, 1.807) is 0 Å². The minimum atomic E-state index is -5.01. The Morgan fingerprint density at radius 1 is 0.822 bits per heavy atom. The third kappa shape index (κ3) is 7.11. The number of halogens is 6. The fourth-order valence-corrected chi connectivity index (χ4v) is 4.99. The first-order valence-electron chi connectivity index (χ1n) is 13.8. The number of pyridine rings is 1. The molecule has 5 aromatic rings. The van der Waals surface area contributed by atoms with Crippen molar-refractivity contribution in [2.24, 2.45) is 0 Å². The first-order valence-corrected chi connectivity index (χ1v) is 13.8. The molecule has 0 bridgehead atoms. The third-order valence-corrected chi connectivity index (χ3v) is 7.24. The topological polar surface area (TPSA) is 71.4 Å². The predicted octanol–water partition coefficient (Wildman–Crippen LogP) is 8.77. The average molecular weight is 627 g/mol. The molecule has 234 valence electrons. The van der Waals surface area contributed by atoms with E-state index in [4.69, 9.17) is 9.72 Å². The Bertz CT molecular complexity index is 1790. The van der Waals surface area contributed by atoms with Crippen molar-refractivity contribution in [3.63, 3.8) is 0 Å². The van der Waals surface area contributed by atoms with Gasteiger partial charge in [-0.25, -0.2) is 15.0 Å². The zero-order chi connectivity index (χ0) is 32.5. The molecule has 3 aromatic carbocycles. The highest BCUT2D eigenvalue weighted by atomic mass is 19.4. The summed E-state index contributed by atoms with van der Waals surface area (Å²) in [5.74, 6) is 0.411. The number of anilines is 1. The van der Waals surface area contributed by atoms with Gasteiger partial charge in [0.2, 0.25) is 5.95 Å². The Balaban J connectivity index is 1.69. The number of aromatic hydroxyl groups is 1. The summed E-state index contributed by atoms with van der Waals surface area (Å²) in [5, 5.41) is 10.6. The SMILES string of the molecule is COc1ccc(C(C)C)cc1-c1nc2ccccc2cc1CN(Cc1cc(C(F)(F)F)cc(C(F)(F)F)c1)c1ncc(O)cn1. The Labute approximate surface area is 255 Å². The summed E-state index contributed by atoms with van der Waals surface area (Å²) in [6.45, 7) is 3.58. The molecule has 0 fully saturated rings. The molecule has 0 aliphatic heterocycles. The fraction of sp³-hybridized carbons (Fsp3) is 0.242. The summed E-state index contributed by atoms with van der Waals surface area (Å²) < 4.78 is 87.8. The Morgan fingerprint density at radius 2 is 1.47 bits per heavy atom. The highest BCUT2D eigenvalue weighted by molar-refractivity contribution is 5.85. The van der Waals surface area contributed by atoms with Crippen molar-refractivity contribution in [2.45, 2.75) is 45.2 Å². The lowest BCUT2D eigenvalue weighted by molar-refractivity contribution is -0.143. The average Bonchev–Trinajstić information content (AvgIpc) is 2.99. The van der Waals surface area contributed by atoms with Gasteiger partial charge < -0.3 is 14.7 Å². The number of hydrogen-bond donors (Lipinski definition) is 1. The highest BCUT2D eigenvalue weighted by Gasteiger charge is 2.37. The van der Waals surface area contributed by atoms with Crippen LogP contribution in [0.3, 0.4) is 0 Å². The minimum absolute atomic E-state index is 0.0271. The highest BCUT2D eigenvalue weighted by Crippen LogP contribution is 2.38. The van der Waals surface area contributed by atoms with Crippen LogP contribution in [0.4, 0.5) is 32.3 Å². The van der Waals surface area contributed by atoms with Gasteiger partial charge in [-0.05, 0) is 65.1 Å². The van der Waals surface area contributed by atoms with Crippen LogP contribution in [0.15, 0.2) is 79.1 Å². The number of nitrogens with zero attached hydrogens (tertiary/aromatic N) is 4. The van der Waals surface area contributed by atoms with Gasteiger partial charge in [0.25, 0.3) is 0 Å². The monoisotopic (exact) mass is 626 g/mol. The molecule has 6 nitrogen and oxygen atoms in total. The largest absolute Gasteiger partial charge is 0.505 e. The van der Waals surface area contributed by atoms with Gasteiger partial charge in [-0.2, -0.15) is 26.3 Å². The van der Waals surface area contributed by atoms with E-state index in [0.29, 0.717) is 40.2 Å². The smallest absolute Gasteiger partial charge is 0.416 e. The van der Waals surface area contributed by atoms with Gasteiger partial charge in [-0.15, -0.1) is 0 Å². The normalized spacial score (nSPS) is 12.1. The summed E-state index contributed by atoms with van der Waals surface area (Å²) in [7, 11) is 1.52. The predicted molar refractivity (Wildman–Crippen MR) is 158 cm³/mol. The molecule has 1 N–H and O–H groups in total. The first kappa shape index (κ1) is 31.6. The summed E-state index contributed by atoms with van der Waals surface area (Å²) in [4.78, 5) is 14.6. The van der Waals surface area contributed by atoms with Gasteiger partial charge in [0, 0.05) is 24.0 Å². The van der Waals surface area contributed by atoms with Crippen LogP contribution < -0.4 is 9.64 Å².